The summed E-state index contributed by atoms with van der Waals surface area (Å²) in [5, 5.41) is 6.09. The first kappa shape index (κ1) is 36.7. The van der Waals surface area contributed by atoms with Gasteiger partial charge in [-0.15, -0.1) is 0 Å². The van der Waals surface area contributed by atoms with Crippen LogP contribution in [0, 0.1) is 6.92 Å². The molecule has 14 heteroatoms. The van der Waals surface area contributed by atoms with E-state index in [0.29, 0.717) is 63.5 Å². The highest BCUT2D eigenvalue weighted by Gasteiger charge is 2.29. The van der Waals surface area contributed by atoms with Crippen LogP contribution in [0.15, 0.2) is 54.9 Å². The zero-order valence-corrected chi connectivity index (χ0v) is 30.0. The highest BCUT2D eigenvalue weighted by atomic mass is 35.5. The van der Waals surface area contributed by atoms with Crippen LogP contribution in [0.4, 0.5) is 10.5 Å². The topological polar surface area (TPSA) is 162 Å². The number of hydrogen-bond acceptors (Lipinski definition) is 10. The highest BCUT2D eigenvalue weighted by Crippen LogP contribution is 2.38. The molecule has 4 aromatic rings. The number of anilines is 1. The van der Waals surface area contributed by atoms with Crippen molar-refractivity contribution in [3.05, 3.63) is 82.3 Å². The monoisotopic (exact) mass is 714 g/mol. The number of halogens is 1. The van der Waals surface area contributed by atoms with Crippen molar-refractivity contribution < 1.29 is 33.4 Å². The van der Waals surface area contributed by atoms with Crippen molar-refractivity contribution in [1.82, 2.24) is 25.2 Å². The van der Waals surface area contributed by atoms with Crippen LogP contribution in [0.1, 0.15) is 65.6 Å². The Kier molecular flexibility index (Phi) is 11.2. The second kappa shape index (κ2) is 15.5. The molecule has 51 heavy (non-hydrogen) atoms. The van der Waals surface area contributed by atoms with Gasteiger partial charge in [0.25, 0.3) is 5.91 Å². The van der Waals surface area contributed by atoms with E-state index in [-0.39, 0.29) is 47.9 Å². The van der Waals surface area contributed by atoms with Gasteiger partial charge in [-0.1, -0.05) is 23.7 Å². The molecule has 4 heterocycles. The third-order valence-electron chi connectivity index (χ3n) is 8.15. The Balaban J connectivity index is 1.41. The van der Waals surface area contributed by atoms with Crippen molar-refractivity contribution in [2.75, 3.05) is 26.1 Å². The molecule has 1 aliphatic heterocycles. The van der Waals surface area contributed by atoms with Gasteiger partial charge in [-0.25, -0.2) is 14.8 Å². The Morgan fingerprint density at radius 1 is 1.10 bits per heavy atom. The number of benzene rings is 1. The number of ether oxygens (including phenoxy) is 3. The molecule has 0 saturated carbocycles. The van der Waals surface area contributed by atoms with E-state index in [2.05, 4.69) is 20.6 Å². The first-order valence-corrected chi connectivity index (χ1v) is 16.6. The molecule has 1 aliphatic rings. The first-order chi connectivity index (χ1) is 24.3. The summed E-state index contributed by atoms with van der Waals surface area (Å²) in [6.07, 6.45) is 4.04. The number of methoxy groups -OCH3 is 2. The third kappa shape index (κ3) is 8.61. The largest absolute Gasteiger partial charge is 0.494 e. The van der Waals surface area contributed by atoms with Crippen molar-refractivity contribution in [2.45, 2.75) is 58.7 Å². The molecule has 0 aliphatic carbocycles. The Bertz CT molecular complexity index is 1980. The molecule has 2 N–H and O–H groups in total. The predicted octanol–water partition coefficient (Wildman–Crippen LogP) is 6.27. The van der Waals surface area contributed by atoms with E-state index in [4.69, 9.17) is 30.8 Å². The van der Waals surface area contributed by atoms with Gasteiger partial charge in [0.05, 0.1) is 48.9 Å². The van der Waals surface area contributed by atoms with Crippen LogP contribution in [0.2, 0.25) is 5.02 Å². The average molecular weight is 715 g/mol. The third-order valence-corrected chi connectivity index (χ3v) is 8.53. The van der Waals surface area contributed by atoms with E-state index in [1.807, 2.05) is 19.1 Å². The normalized spacial score (nSPS) is 14.0. The number of nitrogens with one attached hydrogen (secondary N) is 2. The molecule has 0 spiro atoms. The van der Waals surface area contributed by atoms with Gasteiger partial charge in [0.2, 0.25) is 11.8 Å². The Hall–Kier alpha value is -5.56. The van der Waals surface area contributed by atoms with Gasteiger partial charge in [0, 0.05) is 47.6 Å². The van der Waals surface area contributed by atoms with Crippen LogP contribution in [-0.2, 0) is 16.1 Å². The lowest BCUT2D eigenvalue weighted by Gasteiger charge is -2.29. The van der Waals surface area contributed by atoms with E-state index in [0.717, 1.165) is 0 Å². The highest BCUT2D eigenvalue weighted by molar-refractivity contribution is 6.35. The molecule has 1 saturated heterocycles. The fourth-order valence-electron chi connectivity index (χ4n) is 5.62. The number of carbonyl (C=O) groups is 4. The molecule has 5 rings (SSSR count). The van der Waals surface area contributed by atoms with Gasteiger partial charge in [0.15, 0.2) is 6.29 Å². The van der Waals surface area contributed by atoms with E-state index < -0.39 is 17.6 Å². The second-order valence-electron chi connectivity index (χ2n) is 12.9. The number of aromatic nitrogens is 3. The lowest BCUT2D eigenvalue weighted by molar-refractivity contribution is -0.119. The number of carbonyl (C=O) groups excluding carboxylic acids is 4. The summed E-state index contributed by atoms with van der Waals surface area (Å²) < 4.78 is 16.5. The minimum atomic E-state index is -0.714. The van der Waals surface area contributed by atoms with Crippen molar-refractivity contribution >= 4 is 41.5 Å². The molecule has 3 aromatic heterocycles. The maximum Gasteiger partial charge on any atom is 0.410 e. The van der Waals surface area contributed by atoms with Crippen molar-refractivity contribution in [3.63, 3.8) is 0 Å². The number of aldehydes is 1. The summed E-state index contributed by atoms with van der Waals surface area (Å²) >= 11 is 7.01. The second-order valence-corrected chi connectivity index (χ2v) is 13.3. The minimum absolute atomic E-state index is 0.0452. The molecule has 1 fully saturated rings. The molecular formula is C37H39ClN6O7. The van der Waals surface area contributed by atoms with Gasteiger partial charge in [-0.2, -0.15) is 0 Å². The molecule has 0 unspecified atom stereocenters. The number of nitrogens with zero attached hydrogens (tertiary/aromatic N) is 4. The smallest absolute Gasteiger partial charge is 0.410 e. The van der Waals surface area contributed by atoms with E-state index in [1.165, 1.54) is 26.5 Å². The van der Waals surface area contributed by atoms with E-state index in [9.17, 15) is 19.2 Å². The average Bonchev–Trinajstić information content (AvgIpc) is 3.52. The number of pyridine rings is 3. The number of rotatable bonds is 11. The number of hydrogen-bond donors (Lipinski definition) is 2. The SMILES string of the molecule is COc1cnc(C(=O)Nc2cccc(-c3nccc(-c4ccc(CN(C[C@@H]5CCC(=O)N5)C(=O)OC(C)(C)C)c(OC)n4)c3Cl)c2C)cc1C=O. The van der Waals surface area contributed by atoms with Crippen LogP contribution in [0.5, 0.6) is 11.6 Å². The van der Waals surface area contributed by atoms with E-state index >= 15 is 0 Å². The standard InChI is InChI=1S/C37H39ClN6O7/c1-21-25(8-7-9-27(21)42-34(47)29-16-23(20-45)30(49-5)17-40-29)33-32(38)26(14-15-39-33)28-12-10-22(35(43-28)50-6)18-44(36(48)51-37(2,3)4)19-24-11-13-31(46)41-24/h7-10,12,14-17,20,24H,11,13,18-19H2,1-6H3,(H,41,46)(H,42,47)/t24-/m0/s1. The van der Waals surface area contributed by atoms with Crippen LogP contribution < -0.4 is 20.1 Å². The minimum Gasteiger partial charge on any atom is -0.494 e. The molecule has 1 aromatic carbocycles. The fourth-order valence-corrected chi connectivity index (χ4v) is 5.93. The van der Waals surface area contributed by atoms with Crippen molar-refractivity contribution in [2.24, 2.45) is 0 Å². The van der Waals surface area contributed by atoms with Crippen molar-refractivity contribution in [1.29, 1.82) is 0 Å². The van der Waals surface area contributed by atoms with Gasteiger partial charge < -0.3 is 29.7 Å². The van der Waals surface area contributed by atoms with Crippen molar-refractivity contribution in [3.8, 4) is 34.1 Å². The summed E-state index contributed by atoms with van der Waals surface area (Å²) in [4.78, 5) is 64.6. The summed E-state index contributed by atoms with van der Waals surface area (Å²) in [6.45, 7) is 7.61. The molecule has 1 atom stereocenters. The lowest BCUT2D eigenvalue weighted by atomic mass is 10.0. The van der Waals surface area contributed by atoms with Gasteiger partial charge >= 0.3 is 6.09 Å². The zero-order valence-electron chi connectivity index (χ0n) is 29.2. The Labute approximate surface area is 300 Å². The Morgan fingerprint density at radius 2 is 1.88 bits per heavy atom. The summed E-state index contributed by atoms with van der Waals surface area (Å²) in [7, 11) is 2.91. The molecular weight excluding hydrogens is 676 g/mol. The molecule has 266 valence electrons. The first-order valence-electron chi connectivity index (χ1n) is 16.2. The lowest BCUT2D eigenvalue weighted by Crippen LogP contribution is -2.43. The Morgan fingerprint density at radius 3 is 2.55 bits per heavy atom. The molecule has 3 amide bonds. The number of amides is 3. The molecule has 13 nitrogen and oxygen atoms in total. The summed E-state index contributed by atoms with van der Waals surface area (Å²) in [5.74, 6) is -0.00588. The van der Waals surface area contributed by atoms with Crippen LogP contribution in [-0.4, -0.2) is 76.5 Å². The van der Waals surface area contributed by atoms with Crippen LogP contribution >= 0.6 is 11.6 Å². The van der Waals surface area contributed by atoms with Crippen LogP contribution in [0.3, 0.4) is 0 Å². The maximum absolute atomic E-state index is 13.2. The van der Waals surface area contributed by atoms with E-state index in [1.54, 1.807) is 56.1 Å². The fraction of sp³-hybridized carbons (Fsp3) is 0.324. The van der Waals surface area contributed by atoms with Gasteiger partial charge in [0.1, 0.15) is 17.0 Å². The van der Waals surface area contributed by atoms with Crippen LogP contribution in [0.25, 0.3) is 22.5 Å². The summed E-state index contributed by atoms with van der Waals surface area (Å²) in [6, 6.07) is 11.9. The zero-order chi connectivity index (χ0) is 36.9. The predicted molar refractivity (Wildman–Crippen MR) is 191 cm³/mol. The summed E-state index contributed by atoms with van der Waals surface area (Å²) in [5.41, 5.74) is 3.60. The maximum atomic E-state index is 13.2. The molecule has 0 radical (unpaired) electrons. The molecule has 0 bridgehead atoms. The van der Waals surface area contributed by atoms with Gasteiger partial charge in [-0.3, -0.25) is 19.4 Å². The quantitative estimate of drug-likeness (QED) is 0.170. The van der Waals surface area contributed by atoms with Gasteiger partial charge in [-0.05, 0) is 70.0 Å².